The zero-order chi connectivity index (χ0) is 15.4. The molecule has 5 heteroatoms. The number of ether oxygens (including phenoxy) is 1. The average molecular weight is 328 g/mol. The Labute approximate surface area is 135 Å². The van der Waals surface area contributed by atoms with Crippen molar-refractivity contribution in [3.8, 4) is 0 Å². The first-order chi connectivity index (χ1) is 9.71. The van der Waals surface area contributed by atoms with Crippen LogP contribution in [0, 0.1) is 5.92 Å². The van der Waals surface area contributed by atoms with Crippen molar-refractivity contribution < 1.29 is 9.53 Å². The Morgan fingerprint density at radius 1 is 1.33 bits per heavy atom. The Bertz CT molecular complexity index is 596. The quantitative estimate of drug-likeness (QED) is 0.759. The van der Waals surface area contributed by atoms with Crippen molar-refractivity contribution in [1.29, 1.82) is 0 Å². The number of likely N-dealkylation sites (tertiary alicyclic amines) is 1. The molecule has 0 spiro atoms. The normalized spacial score (nSPS) is 27.5. The van der Waals surface area contributed by atoms with Gasteiger partial charge in [-0.2, -0.15) is 0 Å². The van der Waals surface area contributed by atoms with Crippen LogP contribution in [0.15, 0.2) is 18.2 Å². The topological polar surface area (TPSA) is 29.5 Å². The van der Waals surface area contributed by atoms with Crippen LogP contribution in [0.4, 0.5) is 4.79 Å². The van der Waals surface area contributed by atoms with E-state index in [0.717, 1.165) is 13.0 Å². The lowest BCUT2D eigenvalue weighted by Crippen LogP contribution is -2.37. The van der Waals surface area contributed by atoms with Gasteiger partial charge >= 0.3 is 6.09 Å². The zero-order valence-corrected chi connectivity index (χ0v) is 14.0. The molecule has 2 atom stereocenters. The highest BCUT2D eigenvalue weighted by Gasteiger charge is 2.62. The maximum absolute atomic E-state index is 12.2. The van der Waals surface area contributed by atoms with E-state index in [4.69, 9.17) is 27.9 Å². The standard InChI is InChI=1S/C16H19Cl2NO2/c1-15(2,3)21-14(20)19-8-11-7-16(11,9-19)10-4-5-12(17)13(18)6-10/h4-6,11H,7-9H2,1-3H3. The number of hydrogen-bond donors (Lipinski definition) is 0. The summed E-state index contributed by atoms with van der Waals surface area (Å²) in [5, 5.41) is 1.14. The van der Waals surface area contributed by atoms with E-state index in [0.29, 0.717) is 22.5 Å². The molecule has 1 aromatic carbocycles. The second-order valence-corrected chi connectivity index (χ2v) is 7.86. The highest BCUT2D eigenvalue weighted by atomic mass is 35.5. The molecule has 2 unspecified atom stereocenters. The fourth-order valence-electron chi connectivity index (χ4n) is 3.20. The molecule has 0 bridgehead atoms. The van der Waals surface area contributed by atoms with Crippen molar-refractivity contribution in [3.63, 3.8) is 0 Å². The summed E-state index contributed by atoms with van der Waals surface area (Å²) in [5.41, 5.74) is 0.763. The highest BCUT2D eigenvalue weighted by molar-refractivity contribution is 6.42. The zero-order valence-electron chi connectivity index (χ0n) is 12.5. The van der Waals surface area contributed by atoms with Crippen LogP contribution in [0.2, 0.25) is 10.0 Å². The van der Waals surface area contributed by atoms with Crippen LogP contribution in [0.1, 0.15) is 32.8 Å². The Morgan fingerprint density at radius 2 is 2.05 bits per heavy atom. The van der Waals surface area contributed by atoms with Gasteiger partial charge in [0.15, 0.2) is 0 Å². The number of carbonyl (C=O) groups is 1. The van der Waals surface area contributed by atoms with Gasteiger partial charge in [0.2, 0.25) is 0 Å². The van der Waals surface area contributed by atoms with Crippen molar-refractivity contribution >= 4 is 29.3 Å². The average Bonchev–Trinajstić information content (AvgIpc) is 2.93. The summed E-state index contributed by atoms with van der Waals surface area (Å²) in [6, 6.07) is 5.79. The number of amides is 1. The fourth-order valence-corrected chi connectivity index (χ4v) is 3.50. The molecule has 21 heavy (non-hydrogen) atoms. The Kier molecular flexibility index (Phi) is 3.42. The van der Waals surface area contributed by atoms with Crippen molar-refractivity contribution in [2.24, 2.45) is 5.92 Å². The first-order valence-electron chi connectivity index (χ1n) is 7.15. The fraction of sp³-hybridized carbons (Fsp3) is 0.562. The lowest BCUT2D eigenvalue weighted by atomic mass is 9.95. The van der Waals surface area contributed by atoms with Crippen molar-refractivity contribution in [3.05, 3.63) is 33.8 Å². The van der Waals surface area contributed by atoms with E-state index in [-0.39, 0.29) is 11.5 Å². The molecular formula is C16H19Cl2NO2. The van der Waals surface area contributed by atoms with E-state index >= 15 is 0 Å². The summed E-state index contributed by atoms with van der Waals surface area (Å²) in [4.78, 5) is 14.0. The van der Waals surface area contributed by atoms with E-state index < -0.39 is 5.60 Å². The minimum Gasteiger partial charge on any atom is -0.444 e. The smallest absolute Gasteiger partial charge is 0.410 e. The Balaban J connectivity index is 1.75. The van der Waals surface area contributed by atoms with E-state index in [1.54, 1.807) is 0 Å². The molecule has 114 valence electrons. The van der Waals surface area contributed by atoms with Crippen molar-refractivity contribution in [1.82, 2.24) is 4.90 Å². The number of fused-ring (bicyclic) bond motifs is 1. The molecule has 1 aliphatic carbocycles. The summed E-state index contributed by atoms with van der Waals surface area (Å²) in [7, 11) is 0. The van der Waals surface area contributed by atoms with Crippen LogP contribution in [-0.4, -0.2) is 29.7 Å². The molecular weight excluding hydrogens is 309 g/mol. The van der Waals surface area contributed by atoms with Crippen LogP contribution >= 0.6 is 23.2 Å². The first-order valence-corrected chi connectivity index (χ1v) is 7.90. The van der Waals surface area contributed by atoms with Crippen molar-refractivity contribution in [2.45, 2.75) is 38.2 Å². The second kappa shape index (κ2) is 4.79. The predicted octanol–water partition coefficient (Wildman–Crippen LogP) is 4.50. The van der Waals surface area contributed by atoms with Gasteiger partial charge in [0.1, 0.15) is 5.60 Å². The lowest BCUT2D eigenvalue weighted by molar-refractivity contribution is 0.0270. The van der Waals surface area contributed by atoms with Gasteiger partial charge in [0.05, 0.1) is 10.0 Å². The first kappa shape index (κ1) is 15.0. The van der Waals surface area contributed by atoms with Crippen molar-refractivity contribution in [2.75, 3.05) is 13.1 Å². The SMILES string of the molecule is CC(C)(C)OC(=O)N1CC2CC2(c2ccc(Cl)c(Cl)c2)C1. The monoisotopic (exact) mass is 327 g/mol. The van der Waals surface area contributed by atoms with Crippen LogP contribution in [0.25, 0.3) is 0 Å². The van der Waals surface area contributed by atoms with Gasteiger partial charge in [-0.25, -0.2) is 4.79 Å². The highest BCUT2D eigenvalue weighted by Crippen LogP contribution is 2.59. The maximum atomic E-state index is 12.2. The molecule has 3 rings (SSSR count). The molecule has 2 fully saturated rings. The van der Waals surface area contributed by atoms with Crippen LogP contribution in [0.3, 0.4) is 0 Å². The number of benzene rings is 1. The van der Waals surface area contributed by atoms with E-state index in [1.807, 2.05) is 43.9 Å². The number of halogens is 2. The third kappa shape index (κ3) is 2.74. The summed E-state index contributed by atoms with van der Waals surface area (Å²) in [5.74, 6) is 0.502. The molecule has 0 aromatic heterocycles. The Hall–Kier alpha value is -0.930. The minimum atomic E-state index is -0.458. The molecule has 1 saturated heterocycles. The van der Waals surface area contributed by atoms with Gasteiger partial charge in [-0.15, -0.1) is 0 Å². The molecule has 1 aliphatic heterocycles. The molecule has 1 saturated carbocycles. The molecule has 0 N–H and O–H groups in total. The van der Waals surface area contributed by atoms with E-state index in [2.05, 4.69) is 0 Å². The summed E-state index contributed by atoms with van der Waals surface area (Å²) in [6.45, 7) is 7.11. The van der Waals surface area contributed by atoms with Gasteiger partial charge in [0, 0.05) is 18.5 Å². The van der Waals surface area contributed by atoms with E-state index in [9.17, 15) is 4.79 Å². The van der Waals surface area contributed by atoms with Crippen LogP contribution < -0.4 is 0 Å². The molecule has 3 nitrogen and oxygen atoms in total. The molecule has 0 radical (unpaired) electrons. The summed E-state index contributed by atoms with van der Waals surface area (Å²) < 4.78 is 5.45. The number of carbonyl (C=O) groups excluding carboxylic acids is 1. The van der Waals surface area contributed by atoms with Gasteiger partial charge in [-0.3, -0.25) is 0 Å². The van der Waals surface area contributed by atoms with Gasteiger partial charge in [-0.1, -0.05) is 29.3 Å². The molecule has 2 aliphatic rings. The van der Waals surface area contributed by atoms with Crippen LogP contribution in [-0.2, 0) is 10.2 Å². The maximum Gasteiger partial charge on any atom is 0.410 e. The van der Waals surface area contributed by atoms with Crippen LogP contribution in [0.5, 0.6) is 0 Å². The minimum absolute atomic E-state index is 0.0468. The van der Waals surface area contributed by atoms with E-state index in [1.165, 1.54) is 5.56 Å². The number of rotatable bonds is 1. The summed E-state index contributed by atoms with van der Waals surface area (Å²) in [6.07, 6.45) is 0.874. The number of nitrogens with zero attached hydrogens (tertiary/aromatic N) is 1. The Morgan fingerprint density at radius 3 is 2.67 bits per heavy atom. The van der Waals surface area contributed by atoms with Gasteiger partial charge < -0.3 is 9.64 Å². The third-order valence-corrected chi connectivity index (χ3v) is 5.03. The van der Waals surface area contributed by atoms with Gasteiger partial charge in [0.25, 0.3) is 0 Å². The third-order valence-electron chi connectivity index (χ3n) is 4.29. The van der Waals surface area contributed by atoms with Gasteiger partial charge in [-0.05, 0) is 50.8 Å². The largest absolute Gasteiger partial charge is 0.444 e. The second-order valence-electron chi connectivity index (χ2n) is 7.05. The molecule has 1 aromatic rings. The molecule has 1 amide bonds. The lowest BCUT2D eigenvalue weighted by Gasteiger charge is -2.26. The number of piperidine rings is 1. The number of hydrogen-bond acceptors (Lipinski definition) is 2. The summed E-state index contributed by atoms with van der Waals surface area (Å²) >= 11 is 12.1. The molecule has 1 heterocycles. The predicted molar refractivity (Wildman–Crippen MR) is 84.1 cm³/mol.